The van der Waals surface area contributed by atoms with Crippen molar-refractivity contribution in [3.05, 3.63) is 52.8 Å². The molecule has 0 aliphatic heterocycles. The molecule has 2 aromatic rings. The van der Waals surface area contributed by atoms with Crippen LogP contribution in [0.2, 0.25) is 0 Å². The zero-order chi connectivity index (χ0) is 14.5. The molecule has 1 unspecified atom stereocenters. The van der Waals surface area contributed by atoms with Gasteiger partial charge in [-0.05, 0) is 36.4 Å². The summed E-state index contributed by atoms with van der Waals surface area (Å²) in [6.45, 7) is 0.287. The van der Waals surface area contributed by atoms with Crippen LogP contribution in [0.5, 0.6) is 5.75 Å². The van der Waals surface area contributed by atoms with Crippen LogP contribution in [0.15, 0.2) is 51.8 Å². The predicted molar refractivity (Wildman–Crippen MR) is 81.7 cm³/mol. The van der Waals surface area contributed by atoms with Crippen molar-refractivity contribution in [1.29, 1.82) is 0 Å². The summed E-state index contributed by atoms with van der Waals surface area (Å²) in [6, 6.07) is 11.6. The van der Waals surface area contributed by atoms with E-state index in [0.717, 1.165) is 4.47 Å². The van der Waals surface area contributed by atoms with E-state index >= 15 is 0 Å². The summed E-state index contributed by atoms with van der Waals surface area (Å²) in [5, 5.41) is 0. The third-order valence-electron chi connectivity index (χ3n) is 2.57. The molecule has 0 spiro atoms. The zero-order valence-corrected chi connectivity index (χ0v) is 12.9. The Morgan fingerprint density at radius 3 is 2.75 bits per heavy atom. The van der Waals surface area contributed by atoms with Crippen LogP contribution in [0.4, 0.5) is 10.1 Å². The van der Waals surface area contributed by atoms with Crippen LogP contribution in [-0.4, -0.2) is 16.6 Å². The number of hydrogen-bond donors (Lipinski definition) is 1. The van der Waals surface area contributed by atoms with Crippen molar-refractivity contribution in [3.63, 3.8) is 0 Å². The van der Waals surface area contributed by atoms with Gasteiger partial charge in [0.05, 0.1) is 22.2 Å². The minimum absolute atomic E-state index is 0.0520. The topological polar surface area (TPSA) is 52.3 Å². The number of nitrogen functional groups attached to an aromatic ring is 1. The zero-order valence-electron chi connectivity index (χ0n) is 10.5. The van der Waals surface area contributed by atoms with Gasteiger partial charge in [0.15, 0.2) is 0 Å². The second-order valence-corrected chi connectivity index (χ2v) is 6.53. The van der Waals surface area contributed by atoms with E-state index in [1.807, 2.05) is 24.3 Å². The molecule has 2 rings (SSSR count). The summed E-state index contributed by atoms with van der Waals surface area (Å²) in [6.07, 6.45) is 0. The largest absolute Gasteiger partial charge is 0.493 e. The number of rotatable bonds is 5. The summed E-state index contributed by atoms with van der Waals surface area (Å²) >= 11 is 3.34. The van der Waals surface area contributed by atoms with Crippen molar-refractivity contribution in [3.8, 4) is 5.75 Å². The third-order valence-corrected chi connectivity index (χ3v) is 4.38. The Morgan fingerprint density at radius 2 is 2.05 bits per heavy atom. The predicted octanol–water partition coefficient (Wildman–Crippen LogP) is 3.36. The SMILES string of the molecule is Nc1ccc(S(=O)CCOc2cccc(Br)c2)cc1F. The molecule has 0 aromatic heterocycles. The normalized spacial score (nSPS) is 12.1. The van der Waals surface area contributed by atoms with Crippen molar-refractivity contribution in [1.82, 2.24) is 0 Å². The fourth-order valence-electron chi connectivity index (χ4n) is 1.56. The number of benzene rings is 2. The quantitative estimate of drug-likeness (QED) is 0.834. The Kier molecular flexibility index (Phi) is 5.14. The highest BCUT2D eigenvalue weighted by molar-refractivity contribution is 9.10. The lowest BCUT2D eigenvalue weighted by Gasteiger charge is -2.07. The molecule has 0 saturated heterocycles. The van der Waals surface area contributed by atoms with Gasteiger partial charge in [-0.15, -0.1) is 0 Å². The van der Waals surface area contributed by atoms with Gasteiger partial charge in [-0.3, -0.25) is 4.21 Å². The first-order valence-corrected chi connectivity index (χ1v) is 7.99. The molecule has 0 saturated carbocycles. The second kappa shape index (κ2) is 6.85. The van der Waals surface area contributed by atoms with Crippen LogP contribution in [0.25, 0.3) is 0 Å². The van der Waals surface area contributed by atoms with E-state index in [0.29, 0.717) is 10.6 Å². The highest BCUT2D eigenvalue weighted by Gasteiger charge is 2.07. The Hall–Kier alpha value is -1.40. The Morgan fingerprint density at radius 1 is 1.25 bits per heavy atom. The number of halogens is 2. The molecule has 0 aliphatic rings. The first-order valence-electron chi connectivity index (χ1n) is 5.88. The molecule has 0 bridgehead atoms. The highest BCUT2D eigenvalue weighted by atomic mass is 79.9. The molecule has 0 amide bonds. The van der Waals surface area contributed by atoms with Gasteiger partial charge in [0.25, 0.3) is 0 Å². The van der Waals surface area contributed by atoms with E-state index in [2.05, 4.69) is 15.9 Å². The van der Waals surface area contributed by atoms with E-state index in [1.54, 1.807) is 6.07 Å². The Bertz CT molecular complexity index is 636. The highest BCUT2D eigenvalue weighted by Crippen LogP contribution is 2.18. The van der Waals surface area contributed by atoms with Crippen LogP contribution in [-0.2, 0) is 10.8 Å². The molecule has 2 aromatic carbocycles. The minimum Gasteiger partial charge on any atom is -0.493 e. The Balaban J connectivity index is 1.90. The maximum Gasteiger partial charge on any atom is 0.147 e. The standard InChI is InChI=1S/C14H13BrFNO2S/c15-10-2-1-3-11(8-10)19-6-7-20(18)12-4-5-14(17)13(16)9-12/h1-5,8-9H,6-7,17H2. The van der Waals surface area contributed by atoms with E-state index in [-0.39, 0.29) is 18.0 Å². The maximum absolute atomic E-state index is 13.3. The number of hydrogen-bond acceptors (Lipinski definition) is 3. The molecule has 106 valence electrons. The Labute approximate surface area is 127 Å². The molecule has 20 heavy (non-hydrogen) atoms. The van der Waals surface area contributed by atoms with E-state index in [9.17, 15) is 8.60 Å². The van der Waals surface area contributed by atoms with Crippen LogP contribution >= 0.6 is 15.9 Å². The van der Waals surface area contributed by atoms with Crippen LogP contribution < -0.4 is 10.5 Å². The van der Waals surface area contributed by atoms with Crippen molar-refractivity contribution in [2.24, 2.45) is 0 Å². The molecule has 0 fully saturated rings. The van der Waals surface area contributed by atoms with Gasteiger partial charge in [-0.2, -0.15) is 0 Å². The van der Waals surface area contributed by atoms with Crippen molar-refractivity contribution in [2.45, 2.75) is 4.90 Å². The maximum atomic E-state index is 13.3. The van der Waals surface area contributed by atoms with Gasteiger partial charge in [0.1, 0.15) is 18.2 Å². The monoisotopic (exact) mass is 357 g/mol. The summed E-state index contributed by atoms with van der Waals surface area (Å²) < 4.78 is 31.7. The van der Waals surface area contributed by atoms with E-state index in [1.165, 1.54) is 12.1 Å². The molecule has 2 N–H and O–H groups in total. The first kappa shape index (κ1) is 15.0. The second-order valence-electron chi connectivity index (χ2n) is 4.04. The smallest absolute Gasteiger partial charge is 0.147 e. The van der Waals surface area contributed by atoms with Crippen molar-refractivity contribution in [2.75, 3.05) is 18.1 Å². The number of nitrogens with two attached hydrogens (primary N) is 1. The molecule has 3 nitrogen and oxygen atoms in total. The number of ether oxygens (including phenoxy) is 1. The van der Waals surface area contributed by atoms with Crippen LogP contribution in [0.1, 0.15) is 0 Å². The van der Waals surface area contributed by atoms with Crippen LogP contribution in [0.3, 0.4) is 0 Å². The molecule has 0 aliphatic carbocycles. The van der Waals surface area contributed by atoms with Gasteiger partial charge >= 0.3 is 0 Å². The van der Waals surface area contributed by atoms with Crippen LogP contribution in [0, 0.1) is 5.82 Å². The molecular formula is C14H13BrFNO2S. The lowest BCUT2D eigenvalue weighted by molar-refractivity contribution is 0.342. The molecular weight excluding hydrogens is 345 g/mol. The van der Waals surface area contributed by atoms with Crippen molar-refractivity contribution >= 4 is 32.4 Å². The lowest BCUT2D eigenvalue weighted by Crippen LogP contribution is -2.09. The summed E-state index contributed by atoms with van der Waals surface area (Å²) in [4.78, 5) is 0.412. The van der Waals surface area contributed by atoms with Gasteiger partial charge in [-0.1, -0.05) is 22.0 Å². The van der Waals surface area contributed by atoms with Gasteiger partial charge in [0.2, 0.25) is 0 Å². The molecule has 1 atom stereocenters. The van der Waals surface area contributed by atoms with Gasteiger partial charge < -0.3 is 10.5 Å². The third kappa shape index (κ3) is 4.05. The van der Waals surface area contributed by atoms with Gasteiger partial charge in [0, 0.05) is 9.37 Å². The average molecular weight is 358 g/mol. The van der Waals surface area contributed by atoms with E-state index < -0.39 is 16.6 Å². The van der Waals surface area contributed by atoms with Crippen molar-refractivity contribution < 1.29 is 13.3 Å². The van der Waals surface area contributed by atoms with Gasteiger partial charge in [-0.25, -0.2) is 4.39 Å². The minimum atomic E-state index is -1.31. The average Bonchev–Trinajstić information content (AvgIpc) is 2.42. The molecule has 6 heteroatoms. The molecule has 0 heterocycles. The lowest BCUT2D eigenvalue weighted by atomic mass is 10.3. The summed E-state index contributed by atoms with van der Waals surface area (Å²) in [5.74, 6) is 0.430. The number of anilines is 1. The molecule has 0 radical (unpaired) electrons. The first-order chi connectivity index (χ1) is 9.56. The van der Waals surface area contributed by atoms with E-state index in [4.69, 9.17) is 10.5 Å². The summed E-state index contributed by atoms with van der Waals surface area (Å²) in [5.41, 5.74) is 5.43. The fourth-order valence-corrected chi connectivity index (χ4v) is 2.86. The summed E-state index contributed by atoms with van der Waals surface area (Å²) in [7, 11) is -1.31. The fraction of sp³-hybridized carbons (Fsp3) is 0.143.